The predicted molar refractivity (Wildman–Crippen MR) is 87.6 cm³/mol. The van der Waals surface area contributed by atoms with E-state index in [0.29, 0.717) is 6.10 Å². The van der Waals surface area contributed by atoms with Crippen LogP contribution in [0.4, 0.5) is 0 Å². The Morgan fingerprint density at radius 2 is 1.86 bits per heavy atom. The van der Waals surface area contributed by atoms with Crippen molar-refractivity contribution in [1.82, 2.24) is 5.32 Å². The molecule has 110 valence electrons. The lowest BCUT2D eigenvalue weighted by molar-refractivity contribution is 0.303. The smallest absolute Gasteiger partial charge is 0.119 e. The third-order valence-electron chi connectivity index (χ3n) is 3.82. The molecule has 21 heavy (non-hydrogen) atoms. The van der Waals surface area contributed by atoms with E-state index in [1.165, 1.54) is 35.1 Å². The van der Waals surface area contributed by atoms with Gasteiger partial charge in [-0.05, 0) is 55.1 Å². The largest absolute Gasteiger partial charge is 0.490 e. The van der Waals surface area contributed by atoms with E-state index in [9.17, 15) is 0 Å². The van der Waals surface area contributed by atoms with E-state index in [2.05, 4.69) is 61.6 Å². The Morgan fingerprint density at radius 1 is 1.10 bits per heavy atom. The summed E-state index contributed by atoms with van der Waals surface area (Å²) in [7, 11) is 0. The molecule has 0 atom stereocenters. The highest BCUT2D eigenvalue weighted by Gasteiger charge is 2.23. The summed E-state index contributed by atoms with van der Waals surface area (Å²) in [6.45, 7) is 6.18. The molecule has 0 saturated heterocycles. The van der Waals surface area contributed by atoms with Gasteiger partial charge in [-0.2, -0.15) is 0 Å². The third-order valence-corrected chi connectivity index (χ3v) is 3.82. The predicted octanol–water partition coefficient (Wildman–Crippen LogP) is 4.31. The Morgan fingerprint density at radius 3 is 2.52 bits per heavy atom. The second-order valence-corrected chi connectivity index (χ2v) is 5.78. The van der Waals surface area contributed by atoms with Crippen molar-refractivity contribution in [1.29, 1.82) is 0 Å². The molecular weight excluding hydrogens is 258 g/mol. The Balaban J connectivity index is 1.85. The van der Waals surface area contributed by atoms with E-state index in [0.717, 1.165) is 18.8 Å². The number of rotatable bonds is 6. The van der Waals surface area contributed by atoms with Crippen LogP contribution in [-0.4, -0.2) is 12.6 Å². The average Bonchev–Trinajstić information content (AvgIpc) is 3.31. The van der Waals surface area contributed by atoms with Crippen LogP contribution in [0, 0.1) is 6.92 Å². The molecule has 0 heterocycles. The van der Waals surface area contributed by atoms with Crippen LogP contribution in [0.3, 0.4) is 0 Å². The van der Waals surface area contributed by atoms with Gasteiger partial charge in [0.25, 0.3) is 0 Å². The van der Waals surface area contributed by atoms with Gasteiger partial charge in [0.05, 0.1) is 6.10 Å². The molecular formula is C19H23NO. The first-order valence-electron chi connectivity index (χ1n) is 7.83. The number of benzene rings is 2. The Labute approximate surface area is 127 Å². The van der Waals surface area contributed by atoms with Crippen molar-refractivity contribution in [2.75, 3.05) is 6.54 Å². The van der Waals surface area contributed by atoms with Crippen molar-refractivity contribution in [2.24, 2.45) is 0 Å². The van der Waals surface area contributed by atoms with Crippen molar-refractivity contribution < 1.29 is 4.74 Å². The Bertz CT molecular complexity index is 599. The maximum atomic E-state index is 5.82. The summed E-state index contributed by atoms with van der Waals surface area (Å²) in [6, 6.07) is 15.2. The number of aryl methyl sites for hydroxylation is 1. The van der Waals surface area contributed by atoms with Crippen molar-refractivity contribution in [3.05, 3.63) is 53.6 Å². The number of hydrogen-bond acceptors (Lipinski definition) is 2. The van der Waals surface area contributed by atoms with Gasteiger partial charge in [-0.3, -0.25) is 0 Å². The quantitative estimate of drug-likeness (QED) is 0.851. The lowest BCUT2D eigenvalue weighted by Gasteiger charge is -2.12. The van der Waals surface area contributed by atoms with Crippen molar-refractivity contribution in [3.63, 3.8) is 0 Å². The molecule has 2 heteroatoms. The monoisotopic (exact) mass is 281 g/mol. The molecule has 0 aromatic heterocycles. The van der Waals surface area contributed by atoms with E-state index in [-0.39, 0.29) is 0 Å². The number of nitrogens with one attached hydrogen (secondary N) is 1. The van der Waals surface area contributed by atoms with Crippen molar-refractivity contribution >= 4 is 0 Å². The Hall–Kier alpha value is -1.80. The molecule has 2 aromatic rings. The summed E-state index contributed by atoms with van der Waals surface area (Å²) in [6.07, 6.45) is 2.86. The SMILES string of the molecule is CCNCc1ccc(C)cc1-c1ccc(OC2CC2)cc1. The maximum Gasteiger partial charge on any atom is 0.119 e. The first-order chi connectivity index (χ1) is 10.3. The zero-order valence-corrected chi connectivity index (χ0v) is 12.9. The van der Waals surface area contributed by atoms with Crippen LogP contribution in [-0.2, 0) is 6.54 Å². The molecule has 0 radical (unpaired) electrons. The molecule has 0 amide bonds. The second-order valence-electron chi connectivity index (χ2n) is 5.78. The molecule has 3 rings (SSSR count). The Kier molecular flexibility index (Phi) is 4.26. The van der Waals surface area contributed by atoms with Crippen LogP contribution in [0.2, 0.25) is 0 Å². The van der Waals surface area contributed by atoms with E-state index in [4.69, 9.17) is 4.74 Å². The van der Waals surface area contributed by atoms with E-state index in [1.807, 2.05) is 0 Å². The fourth-order valence-electron chi connectivity index (χ4n) is 2.46. The molecule has 1 saturated carbocycles. The first-order valence-corrected chi connectivity index (χ1v) is 7.83. The fraction of sp³-hybridized carbons (Fsp3) is 0.368. The highest BCUT2D eigenvalue weighted by molar-refractivity contribution is 5.68. The topological polar surface area (TPSA) is 21.3 Å². The van der Waals surface area contributed by atoms with Gasteiger partial charge in [0, 0.05) is 6.54 Å². The average molecular weight is 281 g/mol. The first kappa shape index (κ1) is 14.2. The molecule has 0 aliphatic heterocycles. The minimum Gasteiger partial charge on any atom is -0.490 e. The molecule has 0 unspecified atom stereocenters. The second kappa shape index (κ2) is 6.31. The molecule has 1 aliphatic rings. The van der Waals surface area contributed by atoms with Gasteiger partial charge in [0.1, 0.15) is 5.75 Å². The summed E-state index contributed by atoms with van der Waals surface area (Å²) in [5, 5.41) is 3.42. The van der Waals surface area contributed by atoms with Gasteiger partial charge in [-0.25, -0.2) is 0 Å². The zero-order chi connectivity index (χ0) is 14.7. The van der Waals surface area contributed by atoms with Gasteiger partial charge >= 0.3 is 0 Å². The molecule has 0 spiro atoms. The molecule has 1 N–H and O–H groups in total. The third kappa shape index (κ3) is 3.64. The summed E-state index contributed by atoms with van der Waals surface area (Å²) in [4.78, 5) is 0. The summed E-state index contributed by atoms with van der Waals surface area (Å²) >= 11 is 0. The molecule has 2 aromatic carbocycles. The highest BCUT2D eigenvalue weighted by atomic mass is 16.5. The van der Waals surface area contributed by atoms with Crippen molar-refractivity contribution in [3.8, 4) is 16.9 Å². The molecule has 0 bridgehead atoms. The van der Waals surface area contributed by atoms with E-state index >= 15 is 0 Å². The minimum atomic E-state index is 0.458. The van der Waals surface area contributed by atoms with Gasteiger partial charge in [0.15, 0.2) is 0 Å². The standard InChI is InChI=1S/C19H23NO/c1-3-20-13-16-5-4-14(2)12-19(16)15-6-8-17(9-7-15)21-18-10-11-18/h4-9,12,18,20H,3,10-11,13H2,1-2H3. The van der Waals surface area contributed by atoms with E-state index < -0.39 is 0 Å². The fourth-order valence-corrected chi connectivity index (χ4v) is 2.46. The van der Waals surface area contributed by atoms with Crippen LogP contribution in [0.25, 0.3) is 11.1 Å². The minimum absolute atomic E-state index is 0.458. The van der Waals surface area contributed by atoms with Gasteiger partial charge in [-0.1, -0.05) is 42.8 Å². The van der Waals surface area contributed by atoms with E-state index in [1.54, 1.807) is 0 Å². The maximum absolute atomic E-state index is 5.82. The van der Waals surface area contributed by atoms with Crippen LogP contribution >= 0.6 is 0 Å². The molecule has 1 aliphatic carbocycles. The number of ether oxygens (including phenoxy) is 1. The lowest BCUT2D eigenvalue weighted by atomic mass is 9.97. The van der Waals surface area contributed by atoms with Crippen LogP contribution in [0.15, 0.2) is 42.5 Å². The van der Waals surface area contributed by atoms with Gasteiger partial charge in [0.2, 0.25) is 0 Å². The summed E-state index contributed by atoms with van der Waals surface area (Å²) in [5.41, 5.74) is 5.21. The lowest BCUT2D eigenvalue weighted by Crippen LogP contribution is -2.12. The molecule has 1 fully saturated rings. The van der Waals surface area contributed by atoms with Gasteiger partial charge in [-0.15, -0.1) is 0 Å². The van der Waals surface area contributed by atoms with Crippen LogP contribution < -0.4 is 10.1 Å². The normalized spacial score (nSPS) is 14.2. The number of hydrogen-bond donors (Lipinski definition) is 1. The van der Waals surface area contributed by atoms with Crippen LogP contribution in [0.1, 0.15) is 30.9 Å². The van der Waals surface area contributed by atoms with Crippen LogP contribution in [0.5, 0.6) is 5.75 Å². The highest BCUT2D eigenvalue weighted by Crippen LogP contribution is 2.30. The van der Waals surface area contributed by atoms with Crippen molar-refractivity contribution in [2.45, 2.75) is 39.3 Å². The molecule has 2 nitrogen and oxygen atoms in total. The van der Waals surface area contributed by atoms with Gasteiger partial charge < -0.3 is 10.1 Å². The summed E-state index contributed by atoms with van der Waals surface area (Å²) < 4.78 is 5.82. The summed E-state index contributed by atoms with van der Waals surface area (Å²) in [5.74, 6) is 0.988. The zero-order valence-electron chi connectivity index (χ0n) is 12.9.